The van der Waals surface area contributed by atoms with Crippen LogP contribution < -0.4 is 5.32 Å². The van der Waals surface area contributed by atoms with Crippen LogP contribution in [0.15, 0.2) is 29.2 Å². The van der Waals surface area contributed by atoms with Crippen molar-refractivity contribution in [3.8, 4) is 0 Å². The van der Waals surface area contributed by atoms with Gasteiger partial charge in [-0.3, -0.25) is 0 Å². The summed E-state index contributed by atoms with van der Waals surface area (Å²) in [6.45, 7) is 7.43. The minimum atomic E-state index is 0.325. The molecule has 21 heavy (non-hydrogen) atoms. The summed E-state index contributed by atoms with van der Waals surface area (Å²) in [6.07, 6.45) is 3.77. The van der Waals surface area contributed by atoms with E-state index in [0.717, 1.165) is 19.8 Å². The smallest absolute Gasteiger partial charge is 0.0534 e. The van der Waals surface area contributed by atoms with Gasteiger partial charge in [-0.1, -0.05) is 32.0 Å². The molecule has 2 unspecified atom stereocenters. The van der Waals surface area contributed by atoms with Gasteiger partial charge in [-0.2, -0.15) is 0 Å². The predicted octanol–water partition coefficient (Wildman–Crippen LogP) is 4.06. The van der Waals surface area contributed by atoms with Crippen molar-refractivity contribution in [2.24, 2.45) is 5.41 Å². The molecular formula is C18H27NOS. The van der Waals surface area contributed by atoms with E-state index in [2.05, 4.69) is 43.4 Å². The van der Waals surface area contributed by atoms with Gasteiger partial charge in [0.05, 0.1) is 6.61 Å². The molecule has 1 saturated heterocycles. The molecule has 0 amide bonds. The van der Waals surface area contributed by atoms with Gasteiger partial charge in [0.25, 0.3) is 0 Å². The third kappa shape index (κ3) is 3.64. The van der Waals surface area contributed by atoms with Crippen molar-refractivity contribution in [3.63, 3.8) is 0 Å². The van der Waals surface area contributed by atoms with Crippen molar-refractivity contribution in [3.05, 3.63) is 29.8 Å². The van der Waals surface area contributed by atoms with Crippen molar-refractivity contribution < 1.29 is 4.74 Å². The summed E-state index contributed by atoms with van der Waals surface area (Å²) >= 11 is 2.03. The van der Waals surface area contributed by atoms with Crippen molar-refractivity contribution in [2.75, 3.05) is 25.5 Å². The standard InChI is InChI=1S/C18H27NOS/c1-14(2)19-12-18(8-5-9-20-13-18)10-15-11-21-17-7-4-3-6-16(15)17/h3-4,6-7,14-15,19H,5,8-13H2,1-2H3. The summed E-state index contributed by atoms with van der Waals surface area (Å²) in [7, 11) is 0. The maximum Gasteiger partial charge on any atom is 0.0534 e. The van der Waals surface area contributed by atoms with Crippen LogP contribution in [0.3, 0.4) is 0 Å². The molecule has 2 aliphatic heterocycles. The molecule has 1 aromatic rings. The van der Waals surface area contributed by atoms with Gasteiger partial charge >= 0.3 is 0 Å². The normalized spacial score (nSPS) is 28.8. The highest BCUT2D eigenvalue weighted by Crippen LogP contribution is 2.46. The van der Waals surface area contributed by atoms with Gasteiger partial charge in [-0.05, 0) is 36.8 Å². The molecule has 1 fully saturated rings. The molecule has 2 atom stereocenters. The summed E-state index contributed by atoms with van der Waals surface area (Å²) < 4.78 is 5.87. The second-order valence-electron chi connectivity index (χ2n) is 6.94. The molecule has 0 radical (unpaired) electrons. The van der Waals surface area contributed by atoms with Crippen LogP contribution >= 0.6 is 11.8 Å². The quantitative estimate of drug-likeness (QED) is 0.886. The Morgan fingerprint density at radius 3 is 3.00 bits per heavy atom. The maximum atomic E-state index is 5.87. The van der Waals surface area contributed by atoms with E-state index in [0.29, 0.717) is 17.4 Å². The lowest BCUT2D eigenvalue weighted by molar-refractivity contribution is -0.0156. The molecule has 3 heteroatoms. The van der Waals surface area contributed by atoms with Crippen LogP contribution in [-0.2, 0) is 4.74 Å². The summed E-state index contributed by atoms with van der Waals surface area (Å²) in [6, 6.07) is 9.50. The van der Waals surface area contributed by atoms with E-state index < -0.39 is 0 Å². The van der Waals surface area contributed by atoms with E-state index in [1.807, 2.05) is 11.8 Å². The second kappa shape index (κ2) is 6.72. The fraction of sp³-hybridized carbons (Fsp3) is 0.667. The third-order valence-corrected chi connectivity index (χ3v) is 6.02. The summed E-state index contributed by atoms with van der Waals surface area (Å²) in [4.78, 5) is 1.49. The van der Waals surface area contributed by atoms with E-state index in [-0.39, 0.29) is 0 Å². The zero-order chi connectivity index (χ0) is 14.7. The van der Waals surface area contributed by atoms with Gasteiger partial charge < -0.3 is 10.1 Å². The first-order valence-corrected chi connectivity index (χ1v) is 9.20. The van der Waals surface area contributed by atoms with Crippen LogP contribution in [0, 0.1) is 5.41 Å². The fourth-order valence-corrected chi connectivity index (χ4v) is 4.88. The molecule has 2 heterocycles. The van der Waals surface area contributed by atoms with Crippen LogP contribution in [0.25, 0.3) is 0 Å². The Kier molecular flexibility index (Phi) is 4.92. The zero-order valence-corrected chi connectivity index (χ0v) is 14.0. The van der Waals surface area contributed by atoms with Crippen molar-refractivity contribution in [1.29, 1.82) is 0 Å². The van der Waals surface area contributed by atoms with Gasteiger partial charge in [-0.25, -0.2) is 0 Å². The molecule has 0 aromatic heterocycles. The fourth-order valence-electron chi connectivity index (χ4n) is 3.62. The lowest BCUT2D eigenvalue weighted by atomic mass is 9.74. The zero-order valence-electron chi connectivity index (χ0n) is 13.2. The number of nitrogens with one attached hydrogen (secondary N) is 1. The average molecular weight is 305 g/mol. The third-order valence-electron chi connectivity index (χ3n) is 4.77. The Labute approximate surface area is 133 Å². The molecule has 2 aliphatic rings. The second-order valence-corrected chi connectivity index (χ2v) is 8.00. The first-order chi connectivity index (χ1) is 10.2. The van der Waals surface area contributed by atoms with Crippen LogP contribution in [-0.4, -0.2) is 31.6 Å². The summed E-state index contributed by atoms with van der Waals surface area (Å²) in [5.74, 6) is 1.94. The maximum absolute atomic E-state index is 5.87. The van der Waals surface area contributed by atoms with Crippen LogP contribution in [0.2, 0.25) is 0 Å². The minimum Gasteiger partial charge on any atom is -0.381 e. The first kappa shape index (κ1) is 15.4. The molecule has 2 nitrogen and oxygen atoms in total. The molecule has 0 bridgehead atoms. The molecule has 1 N–H and O–H groups in total. The number of benzene rings is 1. The molecular weight excluding hydrogens is 278 g/mol. The lowest BCUT2D eigenvalue weighted by Crippen LogP contribution is -2.44. The summed E-state index contributed by atoms with van der Waals surface area (Å²) in [5, 5.41) is 3.67. The van der Waals surface area contributed by atoms with Crippen LogP contribution in [0.1, 0.15) is 44.6 Å². The number of fused-ring (bicyclic) bond motifs is 1. The van der Waals surface area contributed by atoms with Crippen LogP contribution in [0.4, 0.5) is 0 Å². The van der Waals surface area contributed by atoms with Gasteiger partial charge in [0.1, 0.15) is 0 Å². The van der Waals surface area contributed by atoms with Crippen molar-refractivity contribution >= 4 is 11.8 Å². The molecule has 0 spiro atoms. The number of rotatable bonds is 5. The topological polar surface area (TPSA) is 21.3 Å². The van der Waals surface area contributed by atoms with E-state index >= 15 is 0 Å². The monoisotopic (exact) mass is 305 g/mol. The molecule has 1 aromatic carbocycles. The molecule has 0 aliphatic carbocycles. The summed E-state index contributed by atoms with van der Waals surface area (Å²) in [5.41, 5.74) is 1.89. The highest BCUT2D eigenvalue weighted by atomic mass is 32.2. The Balaban J connectivity index is 1.73. The Hall–Kier alpha value is -0.510. The van der Waals surface area contributed by atoms with Gasteiger partial charge in [0, 0.05) is 35.3 Å². The number of ether oxygens (including phenoxy) is 1. The van der Waals surface area contributed by atoms with E-state index in [1.54, 1.807) is 5.56 Å². The molecule has 0 saturated carbocycles. The van der Waals surface area contributed by atoms with Crippen molar-refractivity contribution in [2.45, 2.75) is 50.0 Å². The number of thioether (sulfide) groups is 1. The average Bonchev–Trinajstić information content (AvgIpc) is 2.90. The van der Waals surface area contributed by atoms with Crippen molar-refractivity contribution in [1.82, 2.24) is 5.32 Å². The van der Waals surface area contributed by atoms with Gasteiger partial charge in [0.15, 0.2) is 0 Å². The van der Waals surface area contributed by atoms with E-state index in [4.69, 9.17) is 4.74 Å². The van der Waals surface area contributed by atoms with Gasteiger partial charge in [0.2, 0.25) is 0 Å². The minimum absolute atomic E-state index is 0.325. The SMILES string of the molecule is CC(C)NCC1(CC2CSc3ccccc32)CCCOC1. The highest BCUT2D eigenvalue weighted by molar-refractivity contribution is 7.99. The number of hydrogen-bond donors (Lipinski definition) is 1. The largest absolute Gasteiger partial charge is 0.381 e. The number of hydrogen-bond acceptors (Lipinski definition) is 3. The Morgan fingerprint density at radius 1 is 1.38 bits per heavy atom. The van der Waals surface area contributed by atoms with Gasteiger partial charge in [-0.15, -0.1) is 11.8 Å². The van der Waals surface area contributed by atoms with Crippen LogP contribution in [0.5, 0.6) is 0 Å². The lowest BCUT2D eigenvalue weighted by Gasteiger charge is -2.39. The first-order valence-electron chi connectivity index (χ1n) is 8.21. The van der Waals surface area contributed by atoms with E-state index in [9.17, 15) is 0 Å². The van der Waals surface area contributed by atoms with E-state index in [1.165, 1.54) is 29.9 Å². The highest BCUT2D eigenvalue weighted by Gasteiger charge is 2.37. The Bertz CT molecular complexity index is 468. The molecule has 116 valence electrons. The Morgan fingerprint density at radius 2 is 2.24 bits per heavy atom. The predicted molar refractivity (Wildman–Crippen MR) is 90.1 cm³/mol. The molecule has 3 rings (SSSR count).